The molecule has 0 spiro atoms. The number of nitrogens with zero attached hydrogens (tertiary/aromatic N) is 1. The van der Waals surface area contributed by atoms with Crippen LogP contribution in [0.2, 0.25) is 0 Å². The molecule has 1 heterocycles. The van der Waals surface area contributed by atoms with Crippen molar-refractivity contribution in [3.05, 3.63) is 24.3 Å². The average Bonchev–Trinajstić information content (AvgIpc) is 2.21. The molecule has 2 rings (SSSR count). The fourth-order valence-electron chi connectivity index (χ4n) is 1.58. The van der Waals surface area contributed by atoms with Crippen molar-refractivity contribution < 1.29 is 18.3 Å². The predicted octanol–water partition coefficient (Wildman–Crippen LogP) is 1.11. The molecule has 1 aliphatic rings. The molecule has 5 nitrogen and oxygen atoms in total. The third-order valence-corrected chi connectivity index (χ3v) is 4.80. The first-order valence-electron chi connectivity index (χ1n) is 5.32. The molecule has 1 fully saturated rings. The summed E-state index contributed by atoms with van der Waals surface area (Å²) in [5, 5.41) is 8.75. The Bertz CT molecular complexity index is 564. The molecule has 1 saturated heterocycles. The quantitative estimate of drug-likeness (QED) is 0.836. The normalized spacial score (nSPS) is 17.4. The highest BCUT2D eigenvalue weighted by Gasteiger charge is 2.33. The molecule has 1 aromatic carbocycles. The molecule has 18 heavy (non-hydrogen) atoms. The molecule has 0 bridgehead atoms. The Hall–Kier alpha value is -1.05. The van der Waals surface area contributed by atoms with Crippen LogP contribution in [0.3, 0.4) is 0 Å². The highest BCUT2D eigenvalue weighted by atomic mass is 32.2. The van der Waals surface area contributed by atoms with E-state index in [2.05, 4.69) is 0 Å². The standard InChI is InChI=1S/C11H13NO4S2/c1-18(15,16)10-4-2-3-9(5-10)17-12-6-8(7-12)11(13)14/h2-5,8H,6-7H2,1H3,(H,13,14). The molecule has 0 amide bonds. The van der Waals surface area contributed by atoms with Crippen LogP contribution in [0.4, 0.5) is 0 Å². The van der Waals surface area contributed by atoms with Gasteiger partial charge in [-0.15, -0.1) is 0 Å². The number of benzene rings is 1. The number of hydrogen-bond acceptors (Lipinski definition) is 5. The Balaban J connectivity index is 2.02. The van der Waals surface area contributed by atoms with Crippen molar-refractivity contribution in [1.82, 2.24) is 4.31 Å². The van der Waals surface area contributed by atoms with Gasteiger partial charge in [0.05, 0.1) is 10.8 Å². The summed E-state index contributed by atoms with van der Waals surface area (Å²) in [6.07, 6.45) is 1.17. The van der Waals surface area contributed by atoms with Gasteiger partial charge in [0.15, 0.2) is 9.84 Å². The maximum Gasteiger partial charge on any atom is 0.309 e. The fourth-order valence-corrected chi connectivity index (χ4v) is 3.45. The van der Waals surface area contributed by atoms with Crippen LogP contribution < -0.4 is 0 Å². The van der Waals surface area contributed by atoms with E-state index < -0.39 is 15.8 Å². The lowest BCUT2D eigenvalue weighted by atomic mass is 10.0. The van der Waals surface area contributed by atoms with Gasteiger partial charge in [0, 0.05) is 24.2 Å². The Labute approximate surface area is 110 Å². The second-order valence-electron chi connectivity index (χ2n) is 4.22. The summed E-state index contributed by atoms with van der Waals surface area (Å²) in [5.41, 5.74) is 0. The second-order valence-corrected chi connectivity index (χ2v) is 7.41. The number of rotatable bonds is 4. The van der Waals surface area contributed by atoms with Crippen LogP contribution in [0.5, 0.6) is 0 Å². The third-order valence-electron chi connectivity index (χ3n) is 2.67. The number of carbonyl (C=O) groups is 1. The number of aliphatic carboxylic acids is 1. The average molecular weight is 287 g/mol. The molecule has 0 radical (unpaired) electrons. The Morgan fingerprint density at radius 1 is 1.44 bits per heavy atom. The van der Waals surface area contributed by atoms with Crippen molar-refractivity contribution in [1.29, 1.82) is 0 Å². The first kappa shape index (κ1) is 13.4. The maximum atomic E-state index is 11.4. The maximum absolute atomic E-state index is 11.4. The zero-order chi connectivity index (χ0) is 13.3. The van der Waals surface area contributed by atoms with Crippen LogP contribution in [-0.4, -0.2) is 43.1 Å². The van der Waals surface area contributed by atoms with E-state index in [-0.39, 0.29) is 10.8 Å². The van der Waals surface area contributed by atoms with Crippen LogP contribution in [0, 0.1) is 5.92 Å². The first-order chi connectivity index (χ1) is 8.36. The topological polar surface area (TPSA) is 74.7 Å². The summed E-state index contributed by atoms with van der Waals surface area (Å²) in [7, 11) is -3.20. The molecule has 0 aromatic heterocycles. The van der Waals surface area contributed by atoms with Crippen molar-refractivity contribution in [3.63, 3.8) is 0 Å². The third kappa shape index (κ3) is 3.04. The van der Waals surface area contributed by atoms with Crippen molar-refractivity contribution in [3.8, 4) is 0 Å². The highest BCUT2D eigenvalue weighted by molar-refractivity contribution is 7.97. The zero-order valence-corrected chi connectivity index (χ0v) is 11.4. The summed E-state index contributed by atoms with van der Waals surface area (Å²) in [6.45, 7) is 0.978. The summed E-state index contributed by atoms with van der Waals surface area (Å²) in [5.74, 6) is -1.09. The Morgan fingerprint density at radius 3 is 2.67 bits per heavy atom. The molecule has 0 saturated carbocycles. The monoisotopic (exact) mass is 287 g/mol. The van der Waals surface area contributed by atoms with Gasteiger partial charge in [-0.05, 0) is 30.1 Å². The van der Waals surface area contributed by atoms with E-state index >= 15 is 0 Å². The smallest absolute Gasteiger partial charge is 0.309 e. The molecular weight excluding hydrogens is 274 g/mol. The summed E-state index contributed by atoms with van der Waals surface area (Å²) in [4.78, 5) is 11.7. The lowest BCUT2D eigenvalue weighted by molar-refractivity contribution is -0.145. The van der Waals surface area contributed by atoms with Crippen molar-refractivity contribution in [2.75, 3.05) is 19.3 Å². The van der Waals surface area contributed by atoms with Crippen LogP contribution >= 0.6 is 11.9 Å². The number of sulfone groups is 1. The van der Waals surface area contributed by atoms with E-state index in [4.69, 9.17) is 5.11 Å². The SMILES string of the molecule is CS(=O)(=O)c1cccc(SN2CC(C(=O)O)C2)c1. The van der Waals surface area contributed by atoms with Gasteiger partial charge in [0.1, 0.15) is 0 Å². The molecule has 1 aromatic rings. The molecule has 98 valence electrons. The molecule has 0 aliphatic carbocycles. The van der Waals surface area contributed by atoms with E-state index in [1.807, 2.05) is 10.4 Å². The van der Waals surface area contributed by atoms with Gasteiger partial charge in [0.2, 0.25) is 0 Å². The Morgan fingerprint density at radius 2 is 2.11 bits per heavy atom. The van der Waals surface area contributed by atoms with Gasteiger partial charge in [-0.2, -0.15) is 0 Å². The summed E-state index contributed by atoms with van der Waals surface area (Å²) < 4.78 is 24.7. The largest absolute Gasteiger partial charge is 0.481 e. The summed E-state index contributed by atoms with van der Waals surface area (Å²) in [6, 6.07) is 6.66. The number of hydrogen-bond donors (Lipinski definition) is 1. The second kappa shape index (κ2) is 4.91. The van der Waals surface area contributed by atoms with Crippen LogP contribution in [0.15, 0.2) is 34.1 Å². The molecule has 1 N–H and O–H groups in total. The van der Waals surface area contributed by atoms with Gasteiger partial charge in [-0.1, -0.05) is 6.07 Å². The van der Waals surface area contributed by atoms with E-state index in [0.717, 1.165) is 4.90 Å². The highest BCUT2D eigenvalue weighted by Crippen LogP contribution is 2.31. The molecule has 0 atom stereocenters. The molecule has 1 aliphatic heterocycles. The predicted molar refractivity (Wildman–Crippen MR) is 68.1 cm³/mol. The van der Waals surface area contributed by atoms with Crippen molar-refractivity contribution in [2.24, 2.45) is 5.92 Å². The molecule has 0 unspecified atom stereocenters. The number of carboxylic acid groups (broad SMARTS) is 1. The van der Waals surface area contributed by atoms with E-state index in [9.17, 15) is 13.2 Å². The molecule has 7 heteroatoms. The van der Waals surface area contributed by atoms with Gasteiger partial charge in [0.25, 0.3) is 0 Å². The minimum Gasteiger partial charge on any atom is -0.481 e. The minimum atomic E-state index is -3.20. The zero-order valence-electron chi connectivity index (χ0n) is 9.74. The minimum absolute atomic E-state index is 0.280. The van der Waals surface area contributed by atoms with Crippen LogP contribution in [0.1, 0.15) is 0 Å². The van der Waals surface area contributed by atoms with Crippen LogP contribution in [0.25, 0.3) is 0 Å². The van der Waals surface area contributed by atoms with E-state index in [1.165, 1.54) is 18.2 Å². The van der Waals surface area contributed by atoms with Gasteiger partial charge in [-0.25, -0.2) is 12.7 Å². The lowest BCUT2D eigenvalue weighted by Gasteiger charge is -2.35. The lowest BCUT2D eigenvalue weighted by Crippen LogP contribution is -2.46. The van der Waals surface area contributed by atoms with Crippen LogP contribution in [-0.2, 0) is 14.6 Å². The van der Waals surface area contributed by atoms with E-state index in [1.54, 1.807) is 18.2 Å². The first-order valence-corrected chi connectivity index (χ1v) is 7.98. The van der Waals surface area contributed by atoms with Crippen molar-refractivity contribution in [2.45, 2.75) is 9.79 Å². The fraction of sp³-hybridized carbons (Fsp3) is 0.364. The van der Waals surface area contributed by atoms with Gasteiger partial charge < -0.3 is 5.11 Å². The van der Waals surface area contributed by atoms with E-state index in [0.29, 0.717) is 13.1 Å². The Kier molecular flexibility index (Phi) is 3.65. The van der Waals surface area contributed by atoms with Gasteiger partial charge >= 0.3 is 5.97 Å². The summed E-state index contributed by atoms with van der Waals surface area (Å²) >= 11 is 1.39. The molecular formula is C11H13NO4S2. The van der Waals surface area contributed by atoms with Crippen molar-refractivity contribution >= 4 is 27.8 Å². The van der Waals surface area contributed by atoms with Gasteiger partial charge in [-0.3, -0.25) is 4.79 Å². The number of carboxylic acids is 1.